The average Bonchev–Trinajstić information content (AvgIpc) is 2.72. The van der Waals surface area contributed by atoms with E-state index in [0.29, 0.717) is 12.1 Å². The van der Waals surface area contributed by atoms with Crippen LogP contribution in [0.3, 0.4) is 0 Å². The molecule has 3 nitrogen and oxygen atoms in total. The Morgan fingerprint density at radius 3 is 2.94 bits per heavy atom. The summed E-state index contributed by atoms with van der Waals surface area (Å²) in [6.45, 7) is 2.03. The Hall–Kier alpha value is -1.22. The van der Waals surface area contributed by atoms with Crippen molar-refractivity contribution >= 4 is 11.4 Å². The minimum Gasteiger partial charge on any atom is -0.397 e. The Kier molecular flexibility index (Phi) is 3.34. The van der Waals surface area contributed by atoms with Crippen LogP contribution in [0.2, 0.25) is 0 Å². The van der Waals surface area contributed by atoms with Crippen LogP contribution in [0.1, 0.15) is 24.8 Å². The molecule has 1 aromatic carbocycles. The number of nitrogen functional groups attached to an aromatic ring is 1. The van der Waals surface area contributed by atoms with Crippen molar-refractivity contribution in [3.05, 3.63) is 23.8 Å². The third kappa shape index (κ3) is 2.14. The van der Waals surface area contributed by atoms with Gasteiger partial charge in [0.15, 0.2) is 0 Å². The van der Waals surface area contributed by atoms with Crippen molar-refractivity contribution in [3.63, 3.8) is 0 Å². The van der Waals surface area contributed by atoms with Crippen molar-refractivity contribution in [2.24, 2.45) is 0 Å². The summed E-state index contributed by atoms with van der Waals surface area (Å²) in [7, 11) is 1.78. The number of methoxy groups -OCH3 is 1. The highest BCUT2D eigenvalue weighted by molar-refractivity contribution is 5.69. The molecule has 0 spiro atoms. The molecule has 1 saturated carbocycles. The molecule has 3 N–H and O–H groups in total. The first kappa shape index (κ1) is 11.3. The lowest BCUT2D eigenvalue weighted by atomic mass is 10.1. The van der Waals surface area contributed by atoms with Gasteiger partial charge in [-0.2, -0.15) is 0 Å². The van der Waals surface area contributed by atoms with Gasteiger partial charge >= 0.3 is 0 Å². The maximum Gasteiger partial charge on any atom is 0.0772 e. The van der Waals surface area contributed by atoms with E-state index in [2.05, 4.69) is 5.32 Å². The Labute approximate surface area is 97.0 Å². The molecule has 2 atom stereocenters. The molecular formula is C13H20N2O. The lowest BCUT2D eigenvalue weighted by Crippen LogP contribution is -2.30. The summed E-state index contributed by atoms with van der Waals surface area (Å²) in [6, 6.07) is 6.50. The third-order valence-corrected chi connectivity index (χ3v) is 3.42. The molecule has 0 aliphatic heterocycles. The highest BCUT2D eigenvalue weighted by Gasteiger charge is 2.27. The van der Waals surface area contributed by atoms with E-state index in [-0.39, 0.29) is 0 Å². The minimum atomic E-state index is 0.319. The zero-order valence-electron chi connectivity index (χ0n) is 9.99. The quantitative estimate of drug-likeness (QED) is 0.770. The second-order valence-corrected chi connectivity index (χ2v) is 4.49. The summed E-state index contributed by atoms with van der Waals surface area (Å²) in [5.41, 5.74) is 9.05. The summed E-state index contributed by atoms with van der Waals surface area (Å²) in [5.74, 6) is 0. The first-order valence-electron chi connectivity index (χ1n) is 5.87. The van der Waals surface area contributed by atoms with Gasteiger partial charge in [0.1, 0.15) is 0 Å². The third-order valence-electron chi connectivity index (χ3n) is 3.42. The van der Waals surface area contributed by atoms with Gasteiger partial charge in [-0.15, -0.1) is 0 Å². The highest BCUT2D eigenvalue weighted by Crippen LogP contribution is 2.28. The molecule has 0 radical (unpaired) electrons. The smallest absolute Gasteiger partial charge is 0.0772 e. The number of ether oxygens (including phenoxy) is 1. The number of para-hydroxylation sites is 1. The van der Waals surface area contributed by atoms with Gasteiger partial charge in [-0.05, 0) is 37.8 Å². The van der Waals surface area contributed by atoms with Gasteiger partial charge in [0.25, 0.3) is 0 Å². The second-order valence-electron chi connectivity index (χ2n) is 4.49. The molecule has 0 aromatic heterocycles. The van der Waals surface area contributed by atoms with E-state index >= 15 is 0 Å². The van der Waals surface area contributed by atoms with E-state index in [9.17, 15) is 0 Å². The van der Waals surface area contributed by atoms with Crippen LogP contribution in [-0.4, -0.2) is 19.3 Å². The summed E-state index contributed by atoms with van der Waals surface area (Å²) in [4.78, 5) is 0. The molecule has 1 aromatic rings. The van der Waals surface area contributed by atoms with Gasteiger partial charge in [-0.25, -0.2) is 0 Å². The minimum absolute atomic E-state index is 0.319. The summed E-state index contributed by atoms with van der Waals surface area (Å²) < 4.78 is 5.46. The van der Waals surface area contributed by atoms with Crippen LogP contribution in [0.25, 0.3) is 0 Å². The molecule has 2 rings (SSSR count). The van der Waals surface area contributed by atoms with Gasteiger partial charge in [-0.3, -0.25) is 0 Å². The van der Waals surface area contributed by atoms with Crippen molar-refractivity contribution in [1.29, 1.82) is 0 Å². The monoisotopic (exact) mass is 220 g/mol. The largest absolute Gasteiger partial charge is 0.397 e. The van der Waals surface area contributed by atoms with Gasteiger partial charge in [0, 0.05) is 7.11 Å². The van der Waals surface area contributed by atoms with Crippen molar-refractivity contribution in [2.45, 2.75) is 38.3 Å². The molecule has 16 heavy (non-hydrogen) atoms. The van der Waals surface area contributed by atoms with Gasteiger partial charge in [0.2, 0.25) is 0 Å². The SMILES string of the molecule is COC1CCCC1Nc1cccc(C)c1N. The maximum absolute atomic E-state index is 6.04. The molecule has 0 saturated heterocycles. The number of nitrogens with two attached hydrogens (primary N) is 1. The van der Waals surface area contributed by atoms with Crippen LogP contribution in [0.15, 0.2) is 18.2 Å². The van der Waals surface area contributed by atoms with E-state index < -0.39 is 0 Å². The van der Waals surface area contributed by atoms with Crippen molar-refractivity contribution in [3.8, 4) is 0 Å². The Morgan fingerprint density at radius 2 is 2.19 bits per heavy atom. The van der Waals surface area contributed by atoms with E-state index in [4.69, 9.17) is 10.5 Å². The molecule has 0 bridgehead atoms. The number of rotatable bonds is 3. The van der Waals surface area contributed by atoms with Crippen molar-refractivity contribution in [1.82, 2.24) is 0 Å². The molecule has 1 aliphatic carbocycles. The van der Waals surface area contributed by atoms with Crippen molar-refractivity contribution < 1.29 is 4.74 Å². The van der Waals surface area contributed by atoms with E-state index in [1.165, 1.54) is 6.42 Å². The number of aryl methyl sites for hydroxylation is 1. The van der Waals surface area contributed by atoms with Gasteiger partial charge < -0.3 is 15.8 Å². The van der Waals surface area contributed by atoms with Gasteiger partial charge in [-0.1, -0.05) is 12.1 Å². The number of anilines is 2. The fourth-order valence-electron chi connectivity index (χ4n) is 2.38. The Balaban J connectivity index is 2.11. The summed E-state index contributed by atoms with van der Waals surface area (Å²) in [6.07, 6.45) is 3.84. The van der Waals surface area contributed by atoms with Crippen LogP contribution >= 0.6 is 0 Å². The molecule has 3 heteroatoms. The number of benzene rings is 1. The normalized spacial score (nSPS) is 24.6. The first-order valence-corrected chi connectivity index (χ1v) is 5.87. The number of hydrogen-bond acceptors (Lipinski definition) is 3. The summed E-state index contributed by atoms with van der Waals surface area (Å²) in [5, 5.41) is 3.50. The average molecular weight is 220 g/mol. The Morgan fingerprint density at radius 1 is 1.38 bits per heavy atom. The fraction of sp³-hybridized carbons (Fsp3) is 0.538. The molecule has 88 valence electrons. The topological polar surface area (TPSA) is 47.3 Å². The lowest BCUT2D eigenvalue weighted by Gasteiger charge is -2.22. The predicted molar refractivity (Wildman–Crippen MR) is 67.7 cm³/mol. The predicted octanol–water partition coefficient (Wildman–Crippen LogP) is 2.56. The number of nitrogens with one attached hydrogen (secondary N) is 1. The highest BCUT2D eigenvalue weighted by atomic mass is 16.5. The molecule has 2 unspecified atom stereocenters. The van der Waals surface area contributed by atoms with Crippen LogP contribution < -0.4 is 11.1 Å². The van der Waals surface area contributed by atoms with E-state index in [0.717, 1.165) is 29.8 Å². The Bertz CT molecular complexity index is 365. The van der Waals surface area contributed by atoms with Crippen LogP contribution in [0.5, 0.6) is 0 Å². The van der Waals surface area contributed by atoms with E-state index in [1.54, 1.807) is 7.11 Å². The zero-order valence-corrected chi connectivity index (χ0v) is 9.99. The molecule has 1 fully saturated rings. The first-order chi connectivity index (χ1) is 7.72. The second kappa shape index (κ2) is 4.74. The maximum atomic E-state index is 6.04. The lowest BCUT2D eigenvalue weighted by molar-refractivity contribution is 0.101. The van der Waals surface area contributed by atoms with Gasteiger partial charge in [0.05, 0.1) is 23.5 Å². The van der Waals surface area contributed by atoms with E-state index in [1.807, 2.05) is 25.1 Å². The molecule has 0 heterocycles. The van der Waals surface area contributed by atoms with Crippen LogP contribution in [-0.2, 0) is 4.74 Å². The standard InChI is InChI=1S/C13H20N2O/c1-9-5-3-7-11(13(9)14)15-10-6-4-8-12(10)16-2/h3,5,7,10,12,15H,4,6,8,14H2,1-2H3. The van der Waals surface area contributed by atoms with Crippen molar-refractivity contribution in [2.75, 3.05) is 18.2 Å². The fourth-order valence-corrected chi connectivity index (χ4v) is 2.38. The zero-order chi connectivity index (χ0) is 11.5. The molecule has 0 amide bonds. The molecule has 1 aliphatic rings. The van der Waals surface area contributed by atoms with Crippen LogP contribution in [0.4, 0.5) is 11.4 Å². The summed E-state index contributed by atoms with van der Waals surface area (Å²) >= 11 is 0. The molecular weight excluding hydrogens is 200 g/mol. The number of hydrogen-bond donors (Lipinski definition) is 2. The van der Waals surface area contributed by atoms with Crippen LogP contribution in [0, 0.1) is 6.92 Å².